The lowest BCUT2D eigenvalue weighted by Gasteiger charge is -2.14. The Morgan fingerprint density at radius 1 is 1.07 bits per heavy atom. The molecule has 6 nitrogen and oxygen atoms in total. The van der Waals surface area contributed by atoms with Gasteiger partial charge in [-0.2, -0.15) is 0 Å². The van der Waals surface area contributed by atoms with Crippen LogP contribution in [0.4, 0.5) is 17.1 Å². The van der Waals surface area contributed by atoms with E-state index in [0.29, 0.717) is 17.2 Å². The number of hydrogen-bond donors (Lipinski definition) is 2. The van der Waals surface area contributed by atoms with Gasteiger partial charge in [0.15, 0.2) is 0 Å². The summed E-state index contributed by atoms with van der Waals surface area (Å²) in [7, 11) is 3.21. The van der Waals surface area contributed by atoms with Gasteiger partial charge in [-0.05, 0) is 48.7 Å². The molecule has 150 valence electrons. The predicted molar refractivity (Wildman–Crippen MR) is 116 cm³/mol. The van der Waals surface area contributed by atoms with Crippen molar-refractivity contribution in [2.75, 3.05) is 24.9 Å². The molecule has 3 aromatic rings. The summed E-state index contributed by atoms with van der Waals surface area (Å²) in [6.45, 7) is 4.05. The lowest BCUT2D eigenvalue weighted by atomic mass is 10.1. The summed E-state index contributed by atoms with van der Waals surface area (Å²) >= 11 is 0. The third-order valence-electron chi connectivity index (χ3n) is 4.66. The van der Waals surface area contributed by atoms with Gasteiger partial charge in [-0.15, -0.1) is 0 Å². The summed E-state index contributed by atoms with van der Waals surface area (Å²) in [5.41, 5.74) is 4.86. The second kappa shape index (κ2) is 9.10. The minimum absolute atomic E-state index is 0.234. The van der Waals surface area contributed by atoms with E-state index in [2.05, 4.69) is 22.5 Å². The largest absolute Gasteiger partial charge is 0.497 e. The lowest BCUT2D eigenvalue weighted by Crippen LogP contribution is -2.15. The minimum Gasteiger partial charge on any atom is -0.497 e. The third kappa shape index (κ3) is 4.66. The first-order valence-corrected chi connectivity index (χ1v) is 9.40. The molecule has 0 aliphatic carbocycles. The molecule has 0 atom stereocenters. The molecule has 3 rings (SSSR count). The zero-order valence-electron chi connectivity index (χ0n) is 17.1. The molecule has 0 spiro atoms. The Morgan fingerprint density at radius 3 is 2.55 bits per heavy atom. The number of nitrogens with one attached hydrogen (secondary N) is 2. The molecule has 0 unspecified atom stereocenters. The Bertz CT molecular complexity index is 1000. The summed E-state index contributed by atoms with van der Waals surface area (Å²) in [6, 6.07) is 15.0. The highest BCUT2D eigenvalue weighted by Crippen LogP contribution is 2.31. The molecule has 2 aromatic carbocycles. The van der Waals surface area contributed by atoms with Crippen LogP contribution < -0.4 is 20.1 Å². The molecule has 0 bridgehead atoms. The van der Waals surface area contributed by atoms with E-state index in [1.54, 1.807) is 32.5 Å². The number of hydrogen-bond acceptors (Lipinski definition) is 5. The highest BCUT2D eigenvalue weighted by atomic mass is 16.5. The van der Waals surface area contributed by atoms with Gasteiger partial charge >= 0.3 is 0 Å². The molecule has 29 heavy (non-hydrogen) atoms. The lowest BCUT2D eigenvalue weighted by molar-refractivity contribution is 0.102. The SMILES string of the molecule is CCc1cccc(C)c1NC(=O)c1ccc(Nc2ccc(OC)cc2OC)cn1. The average molecular weight is 391 g/mol. The summed E-state index contributed by atoms with van der Waals surface area (Å²) in [5, 5.41) is 6.23. The first kappa shape index (κ1) is 20.2. The van der Waals surface area contributed by atoms with Crippen LogP contribution in [0.2, 0.25) is 0 Å². The second-order valence-corrected chi connectivity index (χ2v) is 6.54. The van der Waals surface area contributed by atoms with E-state index in [0.717, 1.165) is 34.6 Å². The molecule has 0 saturated heterocycles. The summed E-state index contributed by atoms with van der Waals surface area (Å²) in [5.74, 6) is 1.13. The fraction of sp³-hybridized carbons (Fsp3) is 0.217. The number of ether oxygens (including phenoxy) is 2. The number of amides is 1. The Balaban J connectivity index is 1.75. The van der Waals surface area contributed by atoms with Gasteiger partial charge in [0.2, 0.25) is 0 Å². The molecular weight excluding hydrogens is 366 g/mol. The zero-order chi connectivity index (χ0) is 20.8. The highest BCUT2D eigenvalue weighted by molar-refractivity contribution is 6.03. The number of pyridine rings is 1. The van der Waals surface area contributed by atoms with E-state index in [-0.39, 0.29) is 5.91 Å². The molecule has 1 amide bonds. The molecule has 1 aromatic heterocycles. The van der Waals surface area contributed by atoms with E-state index in [9.17, 15) is 4.79 Å². The highest BCUT2D eigenvalue weighted by Gasteiger charge is 2.12. The van der Waals surface area contributed by atoms with Crippen LogP contribution >= 0.6 is 0 Å². The van der Waals surface area contributed by atoms with Gasteiger partial charge in [-0.25, -0.2) is 4.98 Å². The number of methoxy groups -OCH3 is 2. The van der Waals surface area contributed by atoms with Crippen LogP contribution in [0.1, 0.15) is 28.5 Å². The van der Waals surface area contributed by atoms with Crippen molar-refractivity contribution in [3.8, 4) is 11.5 Å². The Morgan fingerprint density at radius 2 is 1.90 bits per heavy atom. The van der Waals surface area contributed by atoms with Crippen LogP contribution in [0.15, 0.2) is 54.7 Å². The van der Waals surface area contributed by atoms with Crippen LogP contribution in [0.3, 0.4) is 0 Å². The maximum Gasteiger partial charge on any atom is 0.274 e. The Labute approximate surface area is 170 Å². The molecule has 0 fully saturated rings. The smallest absolute Gasteiger partial charge is 0.274 e. The monoisotopic (exact) mass is 391 g/mol. The maximum atomic E-state index is 12.6. The van der Waals surface area contributed by atoms with Crippen molar-refractivity contribution in [2.24, 2.45) is 0 Å². The zero-order valence-corrected chi connectivity index (χ0v) is 17.1. The van der Waals surface area contributed by atoms with Gasteiger partial charge in [0.25, 0.3) is 5.91 Å². The number of aryl methyl sites for hydroxylation is 2. The topological polar surface area (TPSA) is 72.5 Å². The van der Waals surface area contributed by atoms with Crippen LogP contribution in [0.5, 0.6) is 11.5 Å². The second-order valence-electron chi connectivity index (χ2n) is 6.54. The molecule has 0 saturated carbocycles. The van der Waals surface area contributed by atoms with E-state index >= 15 is 0 Å². The van der Waals surface area contributed by atoms with Gasteiger partial charge in [0.1, 0.15) is 17.2 Å². The number of anilines is 3. The summed E-state index contributed by atoms with van der Waals surface area (Å²) in [6.07, 6.45) is 2.47. The van der Waals surface area contributed by atoms with E-state index in [4.69, 9.17) is 9.47 Å². The maximum absolute atomic E-state index is 12.6. The van der Waals surface area contributed by atoms with E-state index in [1.807, 2.05) is 43.3 Å². The van der Waals surface area contributed by atoms with Gasteiger partial charge in [-0.3, -0.25) is 4.79 Å². The normalized spacial score (nSPS) is 10.3. The standard InChI is InChI=1S/C23H25N3O3/c1-5-16-8-6-7-15(2)22(16)26-23(27)20-11-9-17(14-24-20)25-19-12-10-18(28-3)13-21(19)29-4/h6-14,25H,5H2,1-4H3,(H,26,27). The first-order valence-electron chi connectivity index (χ1n) is 9.40. The van der Waals surface area contributed by atoms with Crippen molar-refractivity contribution in [2.45, 2.75) is 20.3 Å². The van der Waals surface area contributed by atoms with Gasteiger partial charge < -0.3 is 20.1 Å². The van der Waals surface area contributed by atoms with Crippen LogP contribution in [0.25, 0.3) is 0 Å². The number of para-hydroxylation sites is 1. The first-order chi connectivity index (χ1) is 14.0. The van der Waals surface area contributed by atoms with Crippen molar-refractivity contribution in [3.05, 3.63) is 71.5 Å². The summed E-state index contributed by atoms with van der Waals surface area (Å²) < 4.78 is 10.6. The van der Waals surface area contributed by atoms with Crippen molar-refractivity contribution >= 4 is 23.0 Å². The fourth-order valence-electron chi connectivity index (χ4n) is 3.04. The van der Waals surface area contributed by atoms with Crippen molar-refractivity contribution in [3.63, 3.8) is 0 Å². The minimum atomic E-state index is -0.234. The van der Waals surface area contributed by atoms with Crippen LogP contribution in [-0.2, 0) is 6.42 Å². The van der Waals surface area contributed by atoms with E-state index < -0.39 is 0 Å². The van der Waals surface area contributed by atoms with Gasteiger partial charge in [0.05, 0.1) is 31.8 Å². The number of aromatic nitrogens is 1. The van der Waals surface area contributed by atoms with Crippen LogP contribution in [0, 0.1) is 6.92 Å². The predicted octanol–water partition coefficient (Wildman–Crippen LogP) is 4.97. The Kier molecular flexibility index (Phi) is 6.34. The molecule has 6 heteroatoms. The molecule has 0 radical (unpaired) electrons. The molecule has 2 N–H and O–H groups in total. The number of nitrogens with zero attached hydrogens (tertiary/aromatic N) is 1. The van der Waals surface area contributed by atoms with Crippen molar-refractivity contribution < 1.29 is 14.3 Å². The number of carbonyl (C=O) groups is 1. The Hall–Kier alpha value is -3.54. The third-order valence-corrected chi connectivity index (χ3v) is 4.66. The van der Waals surface area contributed by atoms with Gasteiger partial charge in [-0.1, -0.05) is 25.1 Å². The molecule has 1 heterocycles. The molecule has 0 aliphatic heterocycles. The number of rotatable bonds is 7. The van der Waals surface area contributed by atoms with Crippen molar-refractivity contribution in [1.29, 1.82) is 0 Å². The summed E-state index contributed by atoms with van der Waals surface area (Å²) in [4.78, 5) is 17.0. The average Bonchev–Trinajstić information content (AvgIpc) is 2.75. The van der Waals surface area contributed by atoms with E-state index in [1.165, 1.54) is 0 Å². The number of carbonyl (C=O) groups excluding carboxylic acids is 1. The molecular formula is C23H25N3O3. The number of benzene rings is 2. The van der Waals surface area contributed by atoms with Crippen molar-refractivity contribution in [1.82, 2.24) is 4.98 Å². The molecule has 0 aliphatic rings. The quantitative estimate of drug-likeness (QED) is 0.595. The van der Waals surface area contributed by atoms with Gasteiger partial charge in [0, 0.05) is 11.8 Å². The van der Waals surface area contributed by atoms with Crippen LogP contribution in [-0.4, -0.2) is 25.1 Å². The fourth-order valence-corrected chi connectivity index (χ4v) is 3.04.